The molecule has 2 aromatic rings. The number of nitrogens with zero attached hydrogens (tertiary/aromatic N) is 1. The Morgan fingerprint density at radius 3 is 2.95 bits per heavy atom. The molecule has 1 amide bonds. The van der Waals surface area contributed by atoms with Gasteiger partial charge in [0.25, 0.3) is 5.91 Å². The van der Waals surface area contributed by atoms with E-state index in [2.05, 4.69) is 10.3 Å². The first-order valence-electron chi connectivity index (χ1n) is 6.91. The number of hydrogen-bond acceptors (Lipinski definition) is 3. The molecule has 0 spiro atoms. The summed E-state index contributed by atoms with van der Waals surface area (Å²) < 4.78 is 0. The van der Waals surface area contributed by atoms with Gasteiger partial charge in [-0.05, 0) is 48.6 Å². The van der Waals surface area contributed by atoms with Crippen LogP contribution < -0.4 is 11.1 Å². The van der Waals surface area contributed by atoms with Crippen LogP contribution in [0.5, 0.6) is 0 Å². The van der Waals surface area contributed by atoms with E-state index in [-0.39, 0.29) is 11.9 Å². The van der Waals surface area contributed by atoms with E-state index >= 15 is 0 Å². The minimum Gasteiger partial charge on any atom is -0.327 e. The summed E-state index contributed by atoms with van der Waals surface area (Å²) in [6, 6.07) is 7.82. The summed E-state index contributed by atoms with van der Waals surface area (Å²) in [7, 11) is 0. The van der Waals surface area contributed by atoms with Gasteiger partial charge in [-0.25, -0.2) is 0 Å². The number of carbonyl (C=O) groups excluding carboxylic acids is 1. The van der Waals surface area contributed by atoms with Gasteiger partial charge in [0.2, 0.25) is 0 Å². The summed E-state index contributed by atoms with van der Waals surface area (Å²) in [5.74, 6) is -0.211. The van der Waals surface area contributed by atoms with Gasteiger partial charge in [0.15, 0.2) is 0 Å². The van der Waals surface area contributed by atoms with Gasteiger partial charge in [0.1, 0.15) is 0 Å². The van der Waals surface area contributed by atoms with Crippen molar-refractivity contribution >= 4 is 23.2 Å². The smallest absolute Gasteiger partial charge is 0.257 e. The maximum absolute atomic E-state index is 12.2. The molecule has 0 fully saturated rings. The van der Waals surface area contributed by atoms with Crippen molar-refractivity contribution in [3.63, 3.8) is 0 Å². The van der Waals surface area contributed by atoms with Gasteiger partial charge in [-0.3, -0.25) is 9.78 Å². The van der Waals surface area contributed by atoms with Gasteiger partial charge in [0, 0.05) is 24.1 Å². The molecule has 1 aromatic carbocycles. The van der Waals surface area contributed by atoms with Crippen molar-refractivity contribution in [2.75, 3.05) is 5.32 Å². The molecule has 3 N–H and O–H groups in total. The third-order valence-corrected chi connectivity index (χ3v) is 3.90. The van der Waals surface area contributed by atoms with Crippen molar-refractivity contribution in [1.82, 2.24) is 4.98 Å². The van der Waals surface area contributed by atoms with E-state index in [1.54, 1.807) is 6.07 Å². The van der Waals surface area contributed by atoms with Crippen LogP contribution in [0.15, 0.2) is 36.7 Å². The summed E-state index contributed by atoms with van der Waals surface area (Å²) in [5.41, 5.74) is 9.74. The second kappa shape index (κ2) is 5.84. The minimum absolute atomic E-state index is 0.211. The molecule has 3 rings (SSSR count). The summed E-state index contributed by atoms with van der Waals surface area (Å²) in [5, 5.41) is 3.32. The second-order valence-electron chi connectivity index (χ2n) is 5.33. The molecule has 0 radical (unpaired) electrons. The molecule has 5 heteroatoms. The fraction of sp³-hybridized carbons (Fsp3) is 0.250. The van der Waals surface area contributed by atoms with E-state index in [9.17, 15) is 4.79 Å². The lowest BCUT2D eigenvalue weighted by atomic mass is 9.88. The maximum atomic E-state index is 12.2. The number of benzene rings is 1. The van der Waals surface area contributed by atoms with Crippen LogP contribution in [0.4, 0.5) is 5.69 Å². The normalized spacial score (nSPS) is 17.1. The number of carbonyl (C=O) groups is 1. The average Bonchev–Trinajstić information content (AvgIpc) is 2.47. The number of halogens is 1. The number of anilines is 1. The molecule has 1 aromatic heterocycles. The molecular weight excluding hydrogens is 286 g/mol. The Morgan fingerprint density at radius 2 is 2.14 bits per heavy atom. The van der Waals surface area contributed by atoms with Crippen molar-refractivity contribution in [2.45, 2.75) is 25.3 Å². The largest absolute Gasteiger partial charge is 0.327 e. The van der Waals surface area contributed by atoms with Crippen LogP contribution >= 0.6 is 11.6 Å². The molecule has 108 valence electrons. The number of hydrogen-bond donors (Lipinski definition) is 2. The molecule has 0 bridgehead atoms. The SMILES string of the molecule is NC1CCc2cc(NC(=O)c3cncc(Cl)c3)ccc2C1. The molecule has 0 saturated carbocycles. The van der Waals surface area contributed by atoms with E-state index in [0.717, 1.165) is 24.9 Å². The summed E-state index contributed by atoms with van der Waals surface area (Å²) in [4.78, 5) is 16.1. The van der Waals surface area contributed by atoms with E-state index < -0.39 is 0 Å². The molecule has 1 aliphatic rings. The first kappa shape index (κ1) is 14.0. The Labute approximate surface area is 128 Å². The topological polar surface area (TPSA) is 68.0 Å². The van der Waals surface area contributed by atoms with Crippen LogP contribution in [0.2, 0.25) is 5.02 Å². The number of rotatable bonds is 2. The molecule has 1 heterocycles. The highest BCUT2D eigenvalue weighted by Crippen LogP contribution is 2.24. The number of nitrogens with one attached hydrogen (secondary N) is 1. The van der Waals surface area contributed by atoms with Crippen LogP contribution in [-0.4, -0.2) is 16.9 Å². The average molecular weight is 302 g/mol. The number of fused-ring (bicyclic) bond motifs is 1. The lowest BCUT2D eigenvalue weighted by molar-refractivity contribution is 0.102. The summed E-state index contributed by atoms with van der Waals surface area (Å²) >= 11 is 5.85. The van der Waals surface area contributed by atoms with Crippen LogP contribution in [-0.2, 0) is 12.8 Å². The van der Waals surface area contributed by atoms with Gasteiger partial charge >= 0.3 is 0 Å². The van der Waals surface area contributed by atoms with Crippen LogP contribution in [0.1, 0.15) is 27.9 Å². The van der Waals surface area contributed by atoms with Crippen molar-refractivity contribution in [2.24, 2.45) is 5.73 Å². The van der Waals surface area contributed by atoms with Crippen LogP contribution in [0.3, 0.4) is 0 Å². The van der Waals surface area contributed by atoms with Crippen molar-refractivity contribution in [3.05, 3.63) is 58.4 Å². The predicted octanol–water partition coefficient (Wildman–Crippen LogP) is 2.80. The first-order chi connectivity index (χ1) is 10.1. The Balaban J connectivity index is 1.78. The summed E-state index contributed by atoms with van der Waals surface area (Å²) in [6.07, 6.45) is 5.85. The molecular formula is C16H16ClN3O. The van der Waals surface area contributed by atoms with Gasteiger partial charge in [0.05, 0.1) is 10.6 Å². The number of aryl methyl sites for hydroxylation is 1. The Bertz CT molecular complexity index is 687. The van der Waals surface area contributed by atoms with Crippen LogP contribution in [0, 0.1) is 0 Å². The minimum atomic E-state index is -0.211. The molecule has 0 aliphatic heterocycles. The van der Waals surface area contributed by atoms with Crippen molar-refractivity contribution in [1.29, 1.82) is 0 Å². The van der Waals surface area contributed by atoms with E-state index in [4.69, 9.17) is 17.3 Å². The zero-order valence-corrected chi connectivity index (χ0v) is 12.2. The summed E-state index contributed by atoms with van der Waals surface area (Å²) in [6.45, 7) is 0. The fourth-order valence-electron chi connectivity index (χ4n) is 2.60. The lowest BCUT2D eigenvalue weighted by Crippen LogP contribution is -2.27. The number of amides is 1. The number of aromatic nitrogens is 1. The number of pyridine rings is 1. The standard InChI is InChI=1S/C16H16ClN3O/c17-13-5-12(8-19-9-13)16(21)20-15-4-2-10-6-14(18)3-1-11(10)7-15/h2,4-5,7-9,14H,1,3,6,18H2,(H,20,21). The van der Waals surface area contributed by atoms with E-state index in [1.807, 2.05) is 18.2 Å². The van der Waals surface area contributed by atoms with E-state index in [1.165, 1.54) is 23.5 Å². The zero-order valence-electron chi connectivity index (χ0n) is 11.5. The predicted molar refractivity (Wildman–Crippen MR) is 83.6 cm³/mol. The molecule has 4 nitrogen and oxygen atoms in total. The third kappa shape index (κ3) is 3.23. The molecule has 1 unspecified atom stereocenters. The quantitative estimate of drug-likeness (QED) is 0.896. The highest BCUT2D eigenvalue weighted by Gasteiger charge is 2.16. The number of nitrogens with two attached hydrogens (primary N) is 1. The van der Waals surface area contributed by atoms with Gasteiger partial charge in [-0.1, -0.05) is 17.7 Å². The van der Waals surface area contributed by atoms with Crippen LogP contribution in [0.25, 0.3) is 0 Å². The second-order valence-corrected chi connectivity index (χ2v) is 5.77. The molecule has 1 atom stereocenters. The van der Waals surface area contributed by atoms with Gasteiger partial charge < -0.3 is 11.1 Å². The Morgan fingerprint density at radius 1 is 1.29 bits per heavy atom. The first-order valence-corrected chi connectivity index (χ1v) is 7.29. The maximum Gasteiger partial charge on any atom is 0.257 e. The molecule has 21 heavy (non-hydrogen) atoms. The lowest BCUT2D eigenvalue weighted by Gasteiger charge is -2.22. The zero-order chi connectivity index (χ0) is 14.8. The Kier molecular flexibility index (Phi) is 3.90. The highest BCUT2D eigenvalue weighted by molar-refractivity contribution is 6.30. The third-order valence-electron chi connectivity index (χ3n) is 3.70. The molecule has 0 saturated heterocycles. The monoisotopic (exact) mass is 301 g/mol. The van der Waals surface area contributed by atoms with Gasteiger partial charge in [-0.15, -0.1) is 0 Å². The van der Waals surface area contributed by atoms with Gasteiger partial charge in [-0.2, -0.15) is 0 Å². The van der Waals surface area contributed by atoms with Crippen molar-refractivity contribution in [3.8, 4) is 0 Å². The molecule has 1 aliphatic carbocycles. The fourth-order valence-corrected chi connectivity index (χ4v) is 2.77. The Hall–Kier alpha value is -1.91. The highest BCUT2D eigenvalue weighted by atomic mass is 35.5. The van der Waals surface area contributed by atoms with Crippen molar-refractivity contribution < 1.29 is 4.79 Å². The van der Waals surface area contributed by atoms with E-state index in [0.29, 0.717) is 10.6 Å².